The topological polar surface area (TPSA) is 72.6 Å². The van der Waals surface area contributed by atoms with Crippen LogP contribution in [0.1, 0.15) is 18.2 Å². The SMILES string of the molecule is COC(=O)C(C)CN(Cc1ccccc1)c1cc(C(F)(F)F)nc2ncnn12. The Morgan fingerprint density at radius 3 is 2.64 bits per heavy atom. The van der Waals surface area contributed by atoms with Gasteiger partial charge in [0.05, 0.1) is 13.0 Å². The molecule has 0 aliphatic carbocycles. The number of benzene rings is 1. The van der Waals surface area contributed by atoms with Gasteiger partial charge in [-0.25, -0.2) is 4.98 Å². The number of aromatic nitrogens is 4. The van der Waals surface area contributed by atoms with Gasteiger partial charge < -0.3 is 9.64 Å². The Labute approximate surface area is 158 Å². The third-order valence-corrected chi connectivity index (χ3v) is 4.16. The van der Waals surface area contributed by atoms with Crippen molar-refractivity contribution in [3.63, 3.8) is 0 Å². The van der Waals surface area contributed by atoms with Gasteiger partial charge in [0.1, 0.15) is 12.1 Å². The minimum atomic E-state index is -4.64. The maximum atomic E-state index is 13.3. The van der Waals surface area contributed by atoms with Crippen molar-refractivity contribution in [3.05, 3.63) is 54.0 Å². The van der Waals surface area contributed by atoms with Crippen LogP contribution in [0.25, 0.3) is 5.78 Å². The zero-order valence-electron chi connectivity index (χ0n) is 15.2. The van der Waals surface area contributed by atoms with E-state index in [-0.39, 0.29) is 24.7 Å². The number of nitrogens with zero attached hydrogens (tertiary/aromatic N) is 5. The molecule has 0 N–H and O–H groups in total. The van der Waals surface area contributed by atoms with Gasteiger partial charge in [-0.05, 0) is 5.56 Å². The lowest BCUT2D eigenvalue weighted by Gasteiger charge is -2.27. The molecule has 0 aliphatic heterocycles. The van der Waals surface area contributed by atoms with Crippen LogP contribution >= 0.6 is 0 Å². The molecule has 0 amide bonds. The monoisotopic (exact) mass is 393 g/mol. The molecule has 0 spiro atoms. The number of ether oxygens (including phenoxy) is 1. The van der Waals surface area contributed by atoms with E-state index in [0.29, 0.717) is 0 Å². The number of carbonyl (C=O) groups excluding carboxylic acids is 1. The summed E-state index contributed by atoms with van der Waals surface area (Å²) in [6, 6.07) is 10.1. The van der Waals surface area contributed by atoms with Crippen molar-refractivity contribution in [1.82, 2.24) is 19.6 Å². The molecule has 0 saturated carbocycles. The van der Waals surface area contributed by atoms with Crippen molar-refractivity contribution in [1.29, 1.82) is 0 Å². The molecule has 2 heterocycles. The fourth-order valence-electron chi connectivity index (χ4n) is 2.82. The fraction of sp³-hybridized carbons (Fsp3) is 0.333. The van der Waals surface area contributed by atoms with Crippen LogP contribution < -0.4 is 4.90 Å². The number of halogens is 3. The summed E-state index contributed by atoms with van der Waals surface area (Å²) >= 11 is 0. The van der Waals surface area contributed by atoms with Crippen molar-refractivity contribution in [3.8, 4) is 0 Å². The molecule has 148 valence electrons. The van der Waals surface area contributed by atoms with Gasteiger partial charge in [0.25, 0.3) is 5.78 Å². The largest absolute Gasteiger partial charge is 0.469 e. The van der Waals surface area contributed by atoms with E-state index in [4.69, 9.17) is 4.74 Å². The first-order chi connectivity index (χ1) is 13.3. The van der Waals surface area contributed by atoms with Crippen molar-refractivity contribution in [2.75, 3.05) is 18.6 Å². The summed E-state index contributed by atoms with van der Waals surface area (Å²) in [5.74, 6) is -1.07. The summed E-state index contributed by atoms with van der Waals surface area (Å²) in [5.41, 5.74) is -0.218. The van der Waals surface area contributed by atoms with Crippen LogP contribution in [0.3, 0.4) is 0 Å². The van der Waals surface area contributed by atoms with E-state index in [9.17, 15) is 18.0 Å². The molecular weight excluding hydrogens is 375 g/mol. The third kappa shape index (κ3) is 4.21. The standard InChI is InChI=1S/C18H18F3N5O2/c1-12(16(27)28-2)9-25(10-13-6-4-3-5-7-13)15-8-14(18(19,20)21)24-17-22-11-23-26(15)17/h3-8,11-12H,9-10H2,1-2H3. The molecule has 2 aromatic heterocycles. The molecule has 3 rings (SSSR count). The number of alkyl halides is 3. The zero-order chi connectivity index (χ0) is 20.3. The van der Waals surface area contributed by atoms with Crippen LogP contribution in [0.2, 0.25) is 0 Å². The van der Waals surface area contributed by atoms with Gasteiger partial charge in [0.2, 0.25) is 0 Å². The van der Waals surface area contributed by atoms with Crippen LogP contribution in [0.5, 0.6) is 0 Å². The van der Waals surface area contributed by atoms with Gasteiger partial charge >= 0.3 is 12.1 Å². The number of methoxy groups -OCH3 is 1. The minimum absolute atomic E-state index is 0.123. The summed E-state index contributed by atoms with van der Waals surface area (Å²) in [7, 11) is 1.27. The number of anilines is 1. The number of carbonyl (C=O) groups is 1. The van der Waals surface area contributed by atoms with Crippen molar-refractivity contribution < 1.29 is 22.7 Å². The summed E-state index contributed by atoms with van der Waals surface area (Å²) in [4.78, 5) is 20.9. The summed E-state index contributed by atoms with van der Waals surface area (Å²) in [5, 5.41) is 3.99. The van der Waals surface area contributed by atoms with E-state index in [0.717, 1.165) is 18.0 Å². The van der Waals surface area contributed by atoms with E-state index in [1.165, 1.54) is 11.6 Å². The molecule has 1 atom stereocenters. The minimum Gasteiger partial charge on any atom is -0.469 e. The maximum absolute atomic E-state index is 13.3. The first-order valence-corrected chi connectivity index (χ1v) is 8.44. The lowest BCUT2D eigenvalue weighted by atomic mass is 10.1. The first-order valence-electron chi connectivity index (χ1n) is 8.44. The van der Waals surface area contributed by atoms with Crippen LogP contribution in [0.15, 0.2) is 42.7 Å². The normalized spacial score (nSPS) is 12.8. The van der Waals surface area contributed by atoms with E-state index >= 15 is 0 Å². The molecule has 0 aliphatic rings. The Kier molecular flexibility index (Phi) is 5.48. The van der Waals surface area contributed by atoms with Crippen LogP contribution in [-0.4, -0.2) is 39.2 Å². The average Bonchev–Trinajstić information content (AvgIpc) is 3.14. The second-order valence-corrected chi connectivity index (χ2v) is 6.26. The Balaban J connectivity index is 2.08. The molecular formula is C18H18F3N5O2. The lowest BCUT2D eigenvalue weighted by Crippen LogP contribution is -2.34. The van der Waals surface area contributed by atoms with E-state index < -0.39 is 23.8 Å². The van der Waals surface area contributed by atoms with Crippen LogP contribution in [-0.2, 0) is 22.3 Å². The summed E-state index contributed by atoms with van der Waals surface area (Å²) in [6.45, 7) is 2.03. The Morgan fingerprint density at radius 2 is 2.00 bits per heavy atom. The molecule has 0 bridgehead atoms. The molecule has 1 unspecified atom stereocenters. The highest BCUT2D eigenvalue weighted by atomic mass is 19.4. The first kappa shape index (κ1) is 19.6. The smallest absolute Gasteiger partial charge is 0.433 e. The average molecular weight is 393 g/mol. The molecule has 7 nitrogen and oxygen atoms in total. The Bertz CT molecular complexity index is 959. The zero-order valence-corrected chi connectivity index (χ0v) is 15.2. The summed E-state index contributed by atoms with van der Waals surface area (Å²) in [6.07, 6.45) is -3.51. The molecule has 0 fully saturated rings. The fourth-order valence-corrected chi connectivity index (χ4v) is 2.82. The third-order valence-electron chi connectivity index (χ3n) is 4.16. The molecule has 28 heavy (non-hydrogen) atoms. The lowest BCUT2D eigenvalue weighted by molar-refractivity contribution is -0.144. The molecule has 10 heteroatoms. The number of esters is 1. The highest BCUT2D eigenvalue weighted by Gasteiger charge is 2.35. The Hall–Kier alpha value is -3.17. The van der Waals surface area contributed by atoms with Crippen molar-refractivity contribution in [2.24, 2.45) is 5.92 Å². The van der Waals surface area contributed by atoms with Crippen LogP contribution in [0.4, 0.5) is 19.0 Å². The number of fused-ring (bicyclic) bond motifs is 1. The maximum Gasteiger partial charge on any atom is 0.433 e. The second kappa shape index (κ2) is 7.83. The van der Waals surface area contributed by atoms with E-state index in [2.05, 4.69) is 15.1 Å². The Morgan fingerprint density at radius 1 is 1.29 bits per heavy atom. The molecule has 0 radical (unpaired) electrons. The molecule has 3 aromatic rings. The molecule has 1 aromatic carbocycles. The summed E-state index contributed by atoms with van der Waals surface area (Å²) < 4.78 is 46.0. The second-order valence-electron chi connectivity index (χ2n) is 6.26. The van der Waals surface area contributed by atoms with Gasteiger partial charge in [-0.15, -0.1) is 0 Å². The van der Waals surface area contributed by atoms with Gasteiger partial charge in [-0.3, -0.25) is 4.79 Å². The quantitative estimate of drug-likeness (QED) is 0.600. The van der Waals surface area contributed by atoms with Crippen LogP contribution in [0, 0.1) is 5.92 Å². The van der Waals surface area contributed by atoms with E-state index in [1.54, 1.807) is 11.8 Å². The van der Waals surface area contributed by atoms with Crippen molar-refractivity contribution >= 4 is 17.6 Å². The number of hydrogen-bond donors (Lipinski definition) is 0. The van der Waals surface area contributed by atoms with Gasteiger partial charge in [0, 0.05) is 19.2 Å². The van der Waals surface area contributed by atoms with Gasteiger partial charge in [-0.1, -0.05) is 37.3 Å². The molecule has 0 saturated heterocycles. The predicted octanol–water partition coefficient (Wildman–Crippen LogP) is 2.96. The number of rotatable bonds is 6. The highest BCUT2D eigenvalue weighted by molar-refractivity contribution is 5.72. The van der Waals surface area contributed by atoms with Gasteiger partial charge in [-0.2, -0.15) is 27.8 Å². The van der Waals surface area contributed by atoms with E-state index in [1.807, 2.05) is 30.3 Å². The van der Waals surface area contributed by atoms with Crippen molar-refractivity contribution in [2.45, 2.75) is 19.6 Å². The number of hydrogen-bond acceptors (Lipinski definition) is 6. The van der Waals surface area contributed by atoms with Gasteiger partial charge in [0.15, 0.2) is 5.69 Å². The highest BCUT2D eigenvalue weighted by Crippen LogP contribution is 2.31. The predicted molar refractivity (Wildman–Crippen MR) is 94.5 cm³/mol.